The quantitative estimate of drug-likeness (QED) is 0.0507. The third kappa shape index (κ3) is 8.35. The molecule has 2 unspecified atom stereocenters. The number of nitrogens with zero attached hydrogens (tertiary/aromatic N) is 2. The second-order valence-corrected chi connectivity index (χ2v) is 17.2. The number of nitriles is 1. The molecule has 0 radical (unpaired) electrons. The molecular formula is C41H54N3O5P. The van der Waals surface area contributed by atoms with Crippen LogP contribution in [-0.4, -0.2) is 76.1 Å². The molecule has 2 atom stereocenters. The first-order chi connectivity index (χ1) is 23.8. The molecule has 0 fully saturated rings. The number of methoxy groups -OCH3 is 2. The van der Waals surface area contributed by atoms with Crippen LogP contribution in [0.4, 0.5) is 0 Å². The van der Waals surface area contributed by atoms with Gasteiger partial charge in [0.05, 0.1) is 0 Å². The van der Waals surface area contributed by atoms with Crippen LogP contribution in [0.5, 0.6) is 0 Å². The van der Waals surface area contributed by atoms with Crippen molar-refractivity contribution in [1.82, 2.24) is 10.2 Å². The van der Waals surface area contributed by atoms with Gasteiger partial charge in [0.15, 0.2) is 0 Å². The molecule has 4 N–H and O–H groups in total. The maximum atomic E-state index is 12.4. The van der Waals surface area contributed by atoms with Crippen LogP contribution in [0, 0.1) is 11.3 Å². The van der Waals surface area contributed by atoms with Gasteiger partial charge in [0.25, 0.3) is 0 Å². The number of benzene rings is 4. The Labute approximate surface area is 298 Å². The van der Waals surface area contributed by atoms with Crippen molar-refractivity contribution >= 4 is 7.28 Å². The first kappa shape index (κ1) is 39.3. The molecule has 0 amide bonds. The number of hydrogen-bond donors (Lipinski definition) is 4. The van der Waals surface area contributed by atoms with E-state index in [1.807, 2.05) is 154 Å². The number of hydrogen-bond acceptors (Lipinski definition) is 8. The fraction of sp³-hybridized carbons (Fsp3) is 0.390. The Hall–Kier alpha value is -3.48. The predicted molar refractivity (Wildman–Crippen MR) is 202 cm³/mol. The summed E-state index contributed by atoms with van der Waals surface area (Å²) in [5.41, 5.74) is 1.19. The van der Waals surface area contributed by atoms with E-state index in [4.69, 9.17) is 9.47 Å². The molecule has 4 aromatic rings. The van der Waals surface area contributed by atoms with Gasteiger partial charge >= 0.3 is 299 Å². The Morgan fingerprint density at radius 1 is 0.700 bits per heavy atom. The summed E-state index contributed by atoms with van der Waals surface area (Å²) in [4.78, 5) is 39.1. The van der Waals surface area contributed by atoms with Gasteiger partial charge in [0, 0.05) is 0 Å². The summed E-state index contributed by atoms with van der Waals surface area (Å²) in [6.45, 7) is 8.25. The zero-order valence-corrected chi connectivity index (χ0v) is 31.1. The SMILES string of the molecule is COC(CC(CNCc1ccccc1)P(O)(O)(O)CC(C#N)N(C(C)C)C(C)C)(OC)C(c1ccccc1)(c1ccccc1)c1ccccc1. The number of nitrogens with one attached hydrogen (secondary N) is 1. The summed E-state index contributed by atoms with van der Waals surface area (Å²) < 4.78 is 13.1. The van der Waals surface area contributed by atoms with Crippen LogP contribution in [-0.2, 0) is 21.4 Å². The van der Waals surface area contributed by atoms with Crippen LogP contribution >= 0.6 is 7.28 Å². The predicted octanol–water partition coefficient (Wildman–Crippen LogP) is 6.84. The summed E-state index contributed by atoms with van der Waals surface area (Å²) in [5.74, 6) is -1.61. The zero-order valence-electron chi connectivity index (χ0n) is 30.2. The van der Waals surface area contributed by atoms with Crippen LogP contribution in [0.15, 0.2) is 121 Å². The zero-order chi connectivity index (χ0) is 36.4. The molecule has 0 bridgehead atoms. The molecule has 0 saturated heterocycles. The fourth-order valence-corrected chi connectivity index (χ4v) is 10.0. The van der Waals surface area contributed by atoms with Gasteiger partial charge in [-0.1, -0.05) is 0 Å². The Kier molecular flexibility index (Phi) is 13.1. The van der Waals surface area contributed by atoms with Crippen molar-refractivity contribution in [3.8, 4) is 6.07 Å². The van der Waals surface area contributed by atoms with Crippen molar-refractivity contribution in [2.45, 2.75) is 75.6 Å². The van der Waals surface area contributed by atoms with Crippen molar-refractivity contribution in [3.05, 3.63) is 144 Å². The monoisotopic (exact) mass is 699 g/mol. The average molecular weight is 700 g/mol. The molecule has 0 aliphatic carbocycles. The van der Waals surface area contributed by atoms with Gasteiger partial charge in [-0.15, -0.1) is 0 Å². The van der Waals surface area contributed by atoms with Crippen molar-refractivity contribution < 1.29 is 24.2 Å². The molecule has 0 aliphatic heterocycles. The summed E-state index contributed by atoms with van der Waals surface area (Å²) in [7, 11) is -2.62. The van der Waals surface area contributed by atoms with E-state index < -0.39 is 36.3 Å². The van der Waals surface area contributed by atoms with Gasteiger partial charge < -0.3 is 0 Å². The normalized spacial score (nSPS) is 14.7. The van der Waals surface area contributed by atoms with E-state index in [1.54, 1.807) is 14.2 Å². The molecule has 0 heterocycles. The molecule has 9 heteroatoms. The van der Waals surface area contributed by atoms with Gasteiger partial charge in [-0.05, 0) is 0 Å². The van der Waals surface area contributed by atoms with Crippen LogP contribution < -0.4 is 5.32 Å². The van der Waals surface area contributed by atoms with Crippen molar-refractivity contribution in [1.29, 1.82) is 5.26 Å². The molecule has 8 nitrogen and oxygen atoms in total. The molecule has 50 heavy (non-hydrogen) atoms. The second-order valence-electron chi connectivity index (χ2n) is 13.7. The Morgan fingerprint density at radius 2 is 1.10 bits per heavy atom. The van der Waals surface area contributed by atoms with E-state index in [0.29, 0.717) is 6.54 Å². The Morgan fingerprint density at radius 3 is 1.46 bits per heavy atom. The van der Waals surface area contributed by atoms with Gasteiger partial charge in [-0.25, -0.2) is 0 Å². The Balaban J connectivity index is 1.96. The molecular weight excluding hydrogens is 645 g/mol. The molecule has 0 spiro atoms. The molecule has 0 saturated carbocycles. The van der Waals surface area contributed by atoms with Crippen molar-refractivity contribution in [3.63, 3.8) is 0 Å². The van der Waals surface area contributed by atoms with Crippen molar-refractivity contribution in [2.75, 3.05) is 26.9 Å². The van der Waals surface area contributed by atoms with Crippen LogP contribution in [0.2, 0.25) is 0 Å². The van der Waals surface area contributed by atoms with Gasteiger partial charge in [0.1, 0.15) is 0 Å². The number of ether oxygens (including phenoxy) is 2. The minimum atomic E-state index is -5.73. The van der Waals surface area contributed by atoms with E-state index in [9.17, 15) is 19.9 Å². The number of rotatable bonds is 18. The summed E-state index contributed by atoms with van der Waals surface area (Å²) in [5, 5.41) is 13.8. The molecule has 268 valence electrons. The van der Waals surface area contributed by atoms with Crippen LogP contribution in [0.25, 0.3) is 0 Å². The van der Waals surface area contributed by atoms with Crippen LogP contribution in [0.1, 0.15) is 56.4 Å². The van der Waals surface area contributed by atoms with E-state index in [-0.39, 0.29) is 25.0 Å². The molecule has 4 rings (SSSR count). The summed E-state index contributed by atoms with van der Waals surface area (Å²) >= 11 is 0. The van der Waals surface area contributed by atoms with E-state index in [2.05, 4.69) is 11.4 Å². The third-order valence-corrected chi connectivity index (χ3v) is 12.8. The summed E-state index contributed by atoms with van der Waals surface area (Å²) in [6.07, 6.45) is -0.683. The average Bonchev–Trinajstić information content (AvgIpc) is 3.11. The van der Waals surface area contributed by atoms with Gasteiger partial charge in [-0.3, -0.25) is 0 Å². The van der Waals surface area contributed by atoms with E-state index in [0.717, 1.165) is 22.3 Å². The molecule has 0 aliphatic rings. The minimum absolute atomic E-state index is 0.000636. The standard InChI is InChI=1S/C41H54N3O5P/c1-32(2)44(33(3)4)38(28-42)31-50(45,46,47)39(30-43-29-34-19-11-7-12-20-34)27-40(48-5,49-6)41(35-21-13-8-14-22-35,36-23-15-9-16-24-36)37-25-17-10-18-26-37/h7-26,32-33,38-39,43,45-47H,27,29-31H2,1-6H3. The third-order valence-electron chi connectivity index (χ3n) is 9.88. The first-order valence-corrected chi connectivity index (χ1v) is 19.6. The Bertz CT molecular complexity index is 1530. The first-order valence-electron chi connectivity index (χ1n) is 17.3. The van der Waals surface area contributed by atoms with E-state index >= 15 is 0 Å². The molecule has 0 aromatic heterocycles. The molecule has 4 aromatic carbocycles. The van der Waals surface area contributed by atoms with Crippen molar-refractivity contribution in [2.24, 2.45) is 0 Å². The second kappa shape index (κ2) is 16.7. The fourth-order valence-electron chi connectivity index (χ4n) is 7.67. The van der Waals surface area contributed by atoms with E-state index in [1.165, 1.54) is 0 Å². The van der Waals surface area contributed by atoms with Gasteiger partial charge in [0.2, 0.25) is 0 Å². The topological polar surface area (TPSA) is 118 Å². The maximum absolute atomic E-state index is 12.4. The summed E-state index contributed by atoms with van der Waals surface area (Å²) in [6, 6.07) is 40.6. The van der Waals surface area contributed by atoms with Crippen LogP contribution in [0.3, 0.4) is 0 Å². The van der Waals surface area contributed by atoms with Gasteiger partial charge in [-0.2, -0.15) is 0 Å².